The summed E-state index contributed by atoms with van der Waals surface area (Å²) in [6.45, 7) is 7.53. The highest BCUT2D eigenvalue weighted by atomic mass is 16.6. The highest BCUT2D eigenvalue weighted by Gasteiger charge is 2.22. The normalized spacial score (nSPS) is 14.0. The number of hydrogen-bond acceptors (Lipinski definition) is 5. The fourth-order valence-corrected chi connectivity index (χ4v) is 2.00. The number of hydrogen-bond donors (Lipinski definition) is 1. The molecule has 2 heterocycles. The zero-order valence-electron chi connectivity index (χ0n) is 12.4. The van der Waals surface area contributed by atoms with Crippen molar-refractivity contribution < 1.29 is 4.92 Å². The summed E-state index contributed by atoms with van der Waals surface area (Å²) >= 11 is 0. The topological polar surface area (TPSA) is 85.9 Å². The fourth-order valence-electron chi connectivity index (χ4n) is 2.00. The highest BCUT2D eigenvalue weighted by Crippen LogP contribution is 2.22. The molecule has 1 aromatic heterocycles. The lowest BCUT2D eigenvalue weighted by Crippen LogP contribution is -2.40. The van der Waals surface area contributed by atoms with Gasteiger partial charge in [0, 0.05) is 30.6 Å². The number of benzene rings is 1. The van der Waals surface area contributed by atoms with Crippen molar-refractivity contribution in [2.24, 2.45) is 0 Å². The lowest BCUT2D eigenvalue weighted by Gasteiger charge is -2.24. The number of rotatable bonds is 3. The molecule has 112 valence electrons. The van der Waals surface area contributed by atoms with E-state index >= 15 is 0 Å². The molecule has 7 heteroatoms. The van der Waals surface area contributed by atoms with Crippen LogP contribution in [0, 0.1) is 17.0 Å². The van der Waals surface area contributed by atoms with E-state index in [2.05, 4.69) is 15.5 Å². The molecule has 0 aliphatic carbocycles. The molecule has 7 nitrogen and oxygen atoms in total. The summed E-state index contributed by atoms with van der Waals surface area (Å²) in [6, 6.07) is 4.99. The molecule has 21 heavy (non-hydrogen) atoms. The Hall–Kier alpha value is -2.28. The van der Waals surface area contributed by atoms with Gasteiger partial charge in [-0.2, -0.15) is 15.0 Å². The Morgan fingerprint density at radius 2 is 2.10 bits per heavy atom. The number of nitro groups is 1. The number of nitro benzene ring substituents is 1. The van der Waals surface area contributed by atoms with E-state index < -0.39 is 0 Å². The van der Waals surface area contributed by atoms with Gasteiger partial charge < -0.3 is 5.32 Å². The van der Waals surface area contributed by atoms with Gasteiger partial charge in [-0.05, 0) is 13.0 Å². The van der Waals surface area contributed by atoms with E-state index in [1.165, 1.54) is 10.9 Å². The molecule has 0 unspecified atom stereocenters. The van der Waals surface area contributed by atoms with Gasteiger partial charge in [0.2, 0.25) is 0 Å². The van der Waals surface area contributed by atoms with Gasteiger partial charge in [0.15, 0.2) is 0 Å². The molecular weight excluding hydrogens is 270 g/mol. The van der Waals surface area contributed by atoms with E-state index in [4.69, 9.17) is 0 Å². The third kappa shape index (κ3) is 3.08. The third-order valence-corrected chi connectivity index (χ3v) is 3.33. The number of aryl methyl sites for hydroxylation is 1. The Balaban J connectivity index is 0.000000774. The van der Waals surface area contributed by atoms with Crippen LogP contribution in [-0.2, 0) is 0 Å². The summed E-state index contributed by atoms with van der Waals surface area (Å²) < 4.78 is 0. The SMILES string of the molecule is CC.Cc1ccc(-n2ncc(C3CNC3)n2)cc1[N+](=O)[O-]. The fraction of sp³-hybridized carbons (Fsp3) is 0.429. The summed E-state index contributed by atoms with van der Waals surface area (Å²) in [5.74, 6) is 0.397. The Morgan fingerprint density at radius 1 is 1.38 bits per heavy atom. The van der Waals surface area contributed by atoms with Gasteiger partial charge >= 0.3 is 0 Å². The quantitative estimate of drug-likeness (QED) is 0.691. The second-order valence-electron chi connectivity index (χ2n) is 4.64. The predicted molar refractivity (Wildman–Crippen MR) is 79.7 cm³/mol. The van der Waals surface area contributed by atoms with E-state index in [0.717, 1.165) is 18.8 Å². The van der Waals surface area contributed by atoms with Crippen LogP contribution < -0.4 is 5.32 Å². The Bertz CT molecular complexity index is 634. The first kappa shape index (κ1) is 15.1. The molecule has 0 bridgehead atoms. The molecule has 3 rings (SSSR count). The molecule has 0 atom stereocenters. The molecule has 0 radical (unpaired) electrons. The summed E-state index contributed by atoms with van der Waals surface area (Å²) in [6.07, 6.45) is 1.72. The number of nitrogens with one attached hydrogen (secondary N) is 1. The Labute approximate surface area is 123 Å². The van der Waals surface area contributed by atoms with Gasteiger partial charge in [-0.15, -0.1) is 0 Å². The molecule has 1 aliphatic rings. The van der Waals surface area contributed by atoms with Crippen molar-refractivity contribution in [1.82, 2.24) is 20.3 Å². The van der Waals surface area contributed by atoms with Gasteiger partial charge in [-0.1, -0.05) is 19.9 Å². The van der Waals surface area contributed by atoms with Gasteiger partial charge in [0.25, 0.3) is 5.69 Å². The summed E-state index contributed by atoms with van der Waals surface area (Å²) in [7, 11) is 0. The smallest absolute Gasteiger partial charge is 0.274 e. The third-order valence-electron chi connectivity index (χ3n) is 3.33. The van der Waals surface area contributed by atoms with Crippen molar-refractivity contribution in [2.45, 2.75) is 26.7 Å². The van der Waals surface area contributed by atoms with Gasteiger partial charge in [0.1, 0.15) is 0 Å². The van der Waals surface area contributed by atoms with Gasteiger partial charge in [-0.3, -0.25) is 10.1 Å². The van der Waals surface area contributed by atoms with Crippen LogP contribution in [0.15, 0.2) is 24.4 Å². The minimum Gasteiger partial charge on any atom is -0.315 e. The molecule has 1 N–H and O–H groups in total. The van der Waals surface area contributed by atoms with Gasteiger partial charge in [0.05, 0.1) is 22.5 Å². The molecule has 0 spiro atoms. The minimum absolute atomic E-state index is 0.0849. The number of aromatic nitrogens is 3. The number of nitrogens with zero attached hydrogens (tertiary/aromatic N) is 4. The summed E-state index contributed by atoms with van der Waals surface area (Å²) in [4.78, 5) is 12.0. The molecule has 0 amide bonds. The molecular formula is C14H19N5O2. The van der Waals surface area contributed by atoms with Crippen LogP contribution in [-0.4, -0.2) is 33.0 Å². The first-order valence-electron chi connectivity index (χ1n) is 7.03. The second kappa shape index (κ2) is 6.45. The van der Waals surface area contributed by atoms with E-state index in [9.17, 15) is 10.1 Å². The highest BCUT2D eigenvalue weighted by molar-refractivity contribution is 5.47. The van der Waals surface area contributed by atoms with Crippen molar-refractivity contribution in [3.63, 3.8) is 0 Å². The predicted octanol–water partition coefficient (Wildman–Crippen LogP) is 2.20. The van der Waals surface area contributed by atoms with E-state index in [-0.39, 0.29) is 10.6 Å². The Kier molecular flexibility index (Phi) is 4.64. The molecule has 1 saturated heterocycles. The van der Waals surface area contributed by atoms with Crippen LogP contribution in [0.25, 0.3) is 5.69 Å². The van der Waals surface area contributed by atoms with Crippen LogP contribution in [0.5, 0.6) is 0 Å². The van der Waals surface area contributed by atoms with Crippen molar-refractivity contribution >= 4 is 5.69 Å². The van der Waals surface area contributed by atoms with E-state index in [0.29, 0.717) is 17.2 Å². The molecule has 2 aromatic rings. The lowest BCUT2D eigenvalue weighted by atomic mass is 10.0. The maximum absolute atomic E-state index is 10.9. The Morgan fingerprint density at radius 3 is 2.67 bits per heavy atom. The maximum atomic E-state index is 10.9. The van der Waals surface area contributed by atoms with Crippen molar-refractivity contribution in [2.75, 3.05) is 13.1 Å². The maximum Gasteiger partial charge on any atom is 0.274 e. The lowest BCUT2D eigenvalue weighted by molar-refractivity contribution is -0.385. The molecule has 0 saturated carbocycles. The van der Waals surface area contributed by atoms with Crippen molar-refractivity contribution in [1.29, 1.82) is 0 Å². The van der Waals surface area contributed by atoms with Crippen molar-refractivity contribution in [3.8, 4) is 5.69 Å². The van der Waals surface area contributed by atoms with Crippen molar-refractivity contribution in [3.05, 3.63) is 45.8 Å². The summed E-state index contributed by atoms with van der Waals surface area (Å²) in [5.41, 5.74) is 2.24. The summed E-state index contributed by atoms with van der Waals surface area (Å²) in [5, 5.41) is 22.6. The first-order valence-corrected chi connectivity index (χ1v) is 7.03. The molecule has 1 fully saturated rings. The zero-order chi connectivity index (χ0) is 15.4. The average molecular weight is 289 g/mol. The monoisotopic (exact) mass is 289 g/mol. The minimum atomic E-state index is -0.390. The van der Waals surface area contributed by atoms with E-state index in [1.54, 1.807) is 25.3 Å². The first-order chi connectivity index (χ1) is 10.1. The molecule has 1 aliphatic heterocycles. The van der Waals surface area contributed by atoms with Gasteiger partial charge in [-0.25, -0.2) is 0 Å². The van der Waals surface area contributed by atoms with Crippen LogP contribution >= 0.6 is 0 Å². The van der Waals surface area contributed by atoms with Crippen LogP contribution in [0.3, 0.4) is 0 Å². The molecule has 1 aromatic carbocycles. The largest absolute Gasteiger partial charge is 0.315 e. The zero-order valence-corrected chi connectivity index (χ0v) is 12.4. The average Bonchev–Trinajstić information content (AvgIpc) is 2.88. The second-order valence-corrected chi connectivity index (χ2v) is 4.64. The van der Waals surface area contributed by atoms with Crippen LogP contribution in [0.1, 0.15) is 31.0 Å². The van der Waals surface area contributed by atoms with Crippen LogP contribution in [0.2, 0.25) is 0 Å². The standard InChI is InChI=1S/C12H13N5O2.C2H6/c1-8-2-3-10(4-12(8)17(18)19)16-14-7-11(15-16)9-5-13-6-9;1-2/h2-4,7,9,13H,5-6H2,1H3;1-2H3. The van der Waals surface area contributed by atoms with Crippen LogP contribution in [0.4, 0.5) is 5.69 Å². The van der Waals surface area contributed by atoms with E-state index in [1.807, 2.05) is 13.8 Å².